The van der Waals surface area contributed by atoms with Crippen LogP contribution in [0.15, 0.2) is 48.5 Å². The number of rotatable bonds is 11. The van der Waals surface area contributed by atoms with Gasteiger partial charge in [0, 0.05) is 32.2 Å². The summed E-state index contributed by atoms with van der Waals surface area (Å²) in [6.45, 7) is 5.77. The molecule has 1 saturated carbocycles. The fraction of sp³-hybridized carbons (Fsp3) is 0.481. The van der Waals surface area contributed by atoms with Crippen molar-refractivity contribution in [1.29, 1.82) is 5.26 Å². The minimum atomic E-state index is -4.30. The van der Waals surface area contributed by atoms with Gasteiger partial charge in [0.1, 0.15) is 18.3 Å². The molecule has 0 spiro atoms. The Hall–Kier alpha value is -3.09. The van der Waals surface area contributed by atoms with Crippen molar-refractivity contribution in [1.82, 2.24) is 10.2 Å². The van der Waals surface area contributed by atoms with Crippen LogP contribution in [0.2, 0.25) is 0 Å². The molecule has 2 aliphatic rings. The summed E-state index contributed by atoms with van der Waals surface area (Å²) >= 11 is 0. The second kappa shape index (κ2) is 11.3. The highest BCUT2D eigenvalue weighted by Crippen LogP contribution is 2.45. The number of benzene rings is 2. The fourth-order valence-electron chi connectivity index (χ4n) is 4.88. The van der Waals surface area contributed by atoms with E-state index in [9.17, 15) is 23.2 Å². The summed E-state index contributed by atoms with van der Waals surface area (Å²) in [4.78, 5) is 14.1. The molecule has 0 amide bonds. The number of hydrogen-bond donors (Lipinski definition) is 1. The highest BCUT2D eigenvalue weighted by Gasteiger charge is 2.55. The van der Waals surface area contributed by atoms with E-state index < -0.39 is 23.6 Å². The van der Waals surface area contributed by atoms with Gasteiger partial charge in [-0.3, -0.25) is 9.69 Å². The summed E-state index contributed by atoms with van der Waals surface area (Å²) in [6, 6.07) is 15.2. The molecule has 2 unspecified atom stereocenters. The van der Waals surface area contributed by atoms with Crippen molar-refractivity contribution < 1.29 is 27.4 Å². The zero-order chi connectivity index (χ0) is 25.7. The van der Waals surface area contributed by atoms with E-state index in [-0.39, 0.29) is 6.61 Å². The molecule has 0 bridgehead atoms. The van der Waals surface area contributed by atoms with Crippen LogP contribution in [0.3, 0.4) is 0 Å². The number of carbonyl (C=O) groups is 1. The topological polar surface area (TPSA) is 74.6 Å². The number of alkyl halides is 3. The lowest BCUT2D eigenvalue weighted by molar-refractivity contribution is -0.146. The summed E-state index contributed by atoms with van der Waals surface area (Å²) in [5.74, 6) is 0.560. The number of piperidine rings is 1. The summed E-state index contributed by atoms with van der Waals surface area (Å²) in [7, 11) is 0. The van der Waals surface area contributed by atoms with E-state index in [0.717, 1.165) is 48.6 Å². The molecule has 4 rings (SSSR count). The first-order chi connectivity index (χ1) is 17.3. The van der Waals surface area contributed by atoms with Gasteiger partial charge in [0.2, 0.25) is 0 Å². The van der Waals surface area contributed by atoms with Gasteiger partial charge in [-0.1, -0.05) is 24.3 Å². The highest BCUT2D eigenvalue weighted by molar-refractivity contribution is 5.75. The lowest BCUT2D eigenvalue weighted by Crippen LogP contribution is -2.33. The van der Waals surface area contributed by atoms with Crippen molar-refractivity contribution in [3.63, 3.8) is 0 Å². The van der Waals surface area contributed by atoms with Crippen LogP contribution in [0.5, 0.6) is 5.75 Å². The maximum atomic E-state index is 12.7. The van der Waals surface area contributed by atoms with Crippen LogP contribution < -0.4 is 10.1 Å². The maximum absolute atomic E-state index is 12.7. The van der Waals surface area contributed by atoms with E-state index in [1.807, 2.05) is 30.3 Å². The van der Waals surface area contributed by atoms with Gasteiger partial charge in [-0.05, 0) is 60.6 Å². The van der Waals surface area contributed by atoms with E-state index in [2.05, 4.69) is 10.2 Å². The standard InChI is InChI=1S/C27H30F3N3O3/c1-2-35-26(34)20(14-31)13-18-5-9-22(10-6-18)36-12-11-32-25-23-16-33(17-24(23)25)15-19-3-7-21(8-4-19)27(28,29)30/h3-10,20,23-25,32H,2,11-13,15-17H2,1H3/t20-,23-,24?,25?/m0/s1. The highest BCUT2D eigenvalue weighted by atomic mass is 19.4. The van der Waals surface area contributed by atoms with Crippen LogP contribution in [0, 0.1) is 29.1 Å². The fourth-order valence-corrected chi connectivity index (χ4v) is 4.88. The summed E-state index contributed by atoms with van der Waals surface area (Å²) < 4.78 is 48.9. The Kier molecular flexibility index (Phi) is 8.17. The van der Waals surface area contributed by atoms with Crippen molar-refractivity contribution in [3.05, 3.63) is 65.2 Å². The molecular formula is C27H30F3N3O3. The van der Waals surface area contributed by atoms with Gasteiger partial charge in [-0.2, -0.15) is 18.4 Å². The van der Waals surface area contributed by atoms with Crippen LogP contribution in [-0.4, -0.2) is 49.8 Å². The molecule has 1 N–H and O–H groups in total. The first kappa shape index (κ1) is 26.0. The van der Waals surface area contributed by atoms with Crippen LogP contribution in [0.1, 0.15) is 23.6 Å². The van der Waals surface area contributed by atoms with Crippen LogP contribution in [0.25, 0.3) is 0 Å². The van der Waals surface area contributed by atoms with Gasteiger partial charge < -0.3 is 14.8 Å². The number of nitrogens with zero attached hydrogens (tertiary/aromatic N) is 2. The minimum absolute atomic E-state index is 0.251. The van der Waals surface area contributed by atoms with Crippen molar-refractivity contribution in [2.45, 2.75) is 32.1 Å². The molecule has 2 aromatic rings. The molecule has 2 aromatic carbocycles. The van der Waals surface area contributed by atoms with Gasteiger partial charge >= 0.3 is 12.1 Å². The maximum Gasteiger partial charge on any atom is 0.416 e. The molecule has 9 heteroatoms. The Bertz CT molecular complexity index is 1050. The molecule has 1 heterocycles. The van der Waals surface area contributed by atoms with Crippen LogP contribution >= 0.6 is 0 Å². The number of nitrogens with one attached hydrogen (secondary N) is 1. The lowest BCUT2D eigenvalue weighted by atomic mass is 10.0. The average Bonchev–Trinajstić information content (AvgIpc) is 3.30. The molecule has 1 saturated heterocycles. The first-order valence-electron chi connectivity index (χ1n) is 12.2. The van der Waals surface area contributed by atoms with E-state index in [1.54, 1.807) is 19.1 Å². The molecule has 1 aliphatic heterocycles. The normalized spacial score (nSPS) is 21.9. The minimum Gasteiger partial charge on any atom is -0.492 e. The first-order valence-corrected chi connectivity index (χ1v) is 12.2. The number of esters is 1. The molecule has 0 aromatic heterocycles. The van der Waals surface area contributed by atoms with Crippen molar-refractivity contribution in [3.8, 4) is 11.8 Å². The number of ether oxygens (including phenoxy) is 2. The third-order valence-corrected chi connectivity index (χ3v) is 6.80. The SMILES string of the molecule is CCOC(=O)[C@H](C#N)Cc1ccc(OCCNC2C3CN(Cc4ccc(C(F)(F)F)cc4)C[C@@H]32)cc1. The average molecular weight is 502 g/mol. The van der Waals surface area contributed by atoms with Crippen molar-refractivity contribution in [2.75, 3.05) is 32.8 Å². The lowest BCUT2D eigenvalue weighted by Gasteiger charge is -2.20. The third kappa shape index (κ3) is 6.56. The second-order valence-electron chi connectivity index (χ2n) is 9.33. The second-order valence-corrected chi connectivity index (χ2v) is 9.33. The third-order valence-electron chi connectivity index (χ3n) is 6.80. The molecule has 0 radical (unpaired) electrons. The number of hydrogen-bond acceptors (Lipinski definition) is 6. The van der Waals surface area contributed by atoms with Gasteiger partial charge in [0.05, 0.1) is 18.2 Å². The zero-order valence-electron chi connectivity index (χ0n) is 20.1. The van der Waals surface area contributed by atoms with E-state index in [0.29, 0.717) is 37.5 Å². The Balaban J connectivity index is 1.12. The monoisotopic (exact) mass is 501 g/mol. The van der Waals surface area contributed by atoms with Crippen LogP contribution in [-0.2, 0) is 28.7 Å². The molecular weight excluding hydrogens is 471 g/mol. The van der Waals surface area contributed by atoms with Gasteiger partial charge in [0.25, 0.3) is 0 Å². The van der Waals surface area contributed by atoms with Gasteiger partial charge in [-0.15, -0.1) is 0 Å². The quantitative estimate of drug-likeness (QED) is 0.370. The Morgan fingerprint density at radius 3 is 2.33 bits per heavy atom. The molecule has 1 aliphatic carbocycles. The predicted molar refractivity (Wildman–Crippen MR) is 127 cm³/mol. The van der Waals surface area contributed by atoms with Gasteiger partial charge in [0.15, 0.2) is 0 Å². The molecule has 36 heavy (non-hydrogen) atoms. The summed E-state index contributed by atoms with van der Waals surface area (Å²) in [6.07, 6.45) is -4.00. The zero-order valence-corrected chi connectivity index (χ0v) is 20.1. The Morgan fingerprint density at radius 2 is 1.75 bits per heavy atom. The number of nitriles is 1. The van der Waals surface area contributed by atoms with Crippen molar-refractivity contribution >= 4 is 5.97 Å². The molecule has 192 valence electrons. The van der Waals surface area contributed by atoms with Crippen LogP contribution in [0.4, 0.5) is 13.2 Å². The summed E-state index contributed by atoms with van der Waals surface area (Å²) in [5, 5.41) is 12.7. The van der Waals surface area contributed by atoms with E-state index in [1.165, 1.54) is 0 Å². The number of halogens is 3. The number of carbonyl (C=O) groups excluding carboxylic acids is 1. The Labute approximate surface area is 209 Å². The Morgan fingerprint density at radius 1 is 1.11 bits per heavy atom. The molecule has 4 atom stereocenters. The smallest absolute Gasteiger partial charge is 0.416 e. The largest absolute Gasteiger partial charge is 0.492 e. The van der Waals surface area contributed by atoms with Gasteiger partial charge in [-0.25, -0.2) is 0 Å². The molecule has 6 nitrogen and oxygen atoms in total. The number of likely N-dealkylation sites (tertiary alicyclic amines) is 1. The van der Waals surface area contributed by atoms with E-state index in [4.69, 9.17) is 9.47 Å². The number of fused-ring (bicyclic) bond motifs is 1. The summed E-state index contributed by atoms with van der Waals surface area (Å²) in [5.41, 5.74) is 1.16. The van der Waals surface area contributed by atoms with E-state index >= 15 is 0 Å². The molecule has 2 fully saturated rings. The predicted octanol–water partition coefficient (Wildman–Crippen LogP) is 4.05. The van der Waals surface area contributed by atoms with Crippen molar-refractivity contribution in [2.24, 2.45) is 17.8 Å².